The van der Waals surface area contributed by atoms with Crippen LogP contribution in [0.2, 0.25) is 0 Å². The predicted molar refractivity (Wildman–Crippen MR) is 117 cm³/mol. The molecule has 1 amide bonds. The Bertz CT molecular complexity index is 1210. The number of carbonyl (C=O) groups is 1. The van der Waals surface area contributed by atoms with E-state index < -0.39 is 0 Å². The van der Waals surface area contributed by atoms with Crippen molar-refractivity contribution in [2.75, 3.05) is 36.5 Å². The maximum absolute atomic E-state index is 13.6. The van der Waals surface area contributed by atoms with Crippen LogP contribution in [-0.4, -0.2) is 36.8 Å². The van der Waals surface area contributed by atoms with Gasteiger partial charge in [-0.3, -0.25) is 4.79 Å². The van der Waals surface area contributed by atoms with Crippen LogP contribution < -0.4 is 10.2 Å². The first-order chi connectivity index (χ1) is 15.2. The molecule has 0 unspecified atom stereocenters. The van der Waals surface area contributed by atoms with Crippen LogP contribution in [0.5, 0.6) is 0 Å². The third kappa shape index (κ3) is 4.04. The quantitative estimate of drug-likeness (QED) is 0.517. The normalized spacial score (nSPS) is 14.2. The number of fused-ring (bicyclic) bond motifs is 1. The van der Waals surface area contributed by atoms with Gasteiger partial charge in [0, 0.05) is 43.1 Å². The van der Waals surface area contributed by atoms with Crippen molar-refractivity contribution in [3.05, 3.63) is 84.0 Å². The number of nitrogens with zero attached hydrogens (tertiary/aromatic N) is 2. The number of benzene rings is 2. The molecule has 1 fully saturated rings. The molecule has 31 heavy (non-hydrogen) atoms. The Morgan fingerprint density at radius 1 is 1.03 bits per heavy atom. The smallest absolute Gasteiger partial charge is 0.272 e. The Labute approximate surface area is 178 Å². The van der Waals surface area contributed by atoms with Crippen molar-refractivity contribution in [2.24, 2.45) is 0 Å². The maximum atomic E-state index is 13.6. The number of morpholine rings is 1. The first kappa shape index (κ1) is 19.4. The molecule has 1 saturated heterocycles. The van der Waals surface area contributed by atoms with Gasteiger partial charge in [0.1, 0.15) is 11.5 Å². The number of aromatic nitrogens is 1. The number of halogens is 1. The average Bonchev–Trinajstić information content (AvgIpc) is 3.38. The topological polar surface area (TPSA) is 59.6 Å². The van der Waals surface area contributed by atoms with E-state index in [1.807, 2.05) is 41.0 Å². The van der Waals surface area contributed by atoms with Gasteiger partial charge in [0.15, 0.2) is 5.58 Å². The van der Waals surface area contributed by atoms with Crippen molar-refractivity contribution in [2.45, 2.75) is 6.54 Å². The number of nitrogens with one attached hydrogen (secondary N) is 1. The van der Waals surface area contributed by atoms with Crippen LogP contribution in [0.25, 0.3) is 11.1 Å². The van der Waals surface area contributed by atoms with E-state index in [0.717, 1.165) is 43.1 Å². The summed E-state index contributed by atoms with van der Waals surface area (Å²) in [5.74, 6) is -0.554. The molecule has 0 bridgehead atoms. The zero-order chi connectivity index (χ0) is 21.2. The number of carbonyl (C=O) groups excluding carboxylic acids is 1. The zero-order valence-corrected chi connectivity index (χ0v) is 16.9. The number of furan rings is 1. The van der Waals surface area contributed by atoms with Crippen LogP contribution in [0.3, 0.4) is 0 Å². The minimum Gasteiger partial charge on any atom is -0.463 e. The summed E-state index contributed by atoms with van der Waals surface area (Å²) in [6.07, 6.45) is 1.58. The van der Waals surface area contributed by atoms with Gasteiger partial charge in [0.05, 0.1) is 25.0 Å². The van der Waals surface area contributed by atoms with Gasteiger partial charge >= 0.3 is 0 Å². The summed E-state index contributed by atoms with van der Waals surface area (Å²) in [7, 11) is 0. The third-order valence-electron chi connectivity index (χ3n) is 5.49. The van der Waals surface area contributed by atoms with Crippen LogP contribution in [0.1, 0.15) is 16.1 Å². The monoisotopic (exact) mass is 419 g/mol. The molecular formula is C24H22FN3O3. The summed E-state index contributed by atoms with van der Waals surface area (Å²) in [5, 5.41) is 2.96. The van der Waals surface area contributed by atoms with E-state index in [0.29, 0.717) is 23.5 Å². The summed E-state index contributed by atoms with van der Waals surface area (Å²) < 4.78 is 26.4. The molecule has 5 rings (SSSR count). The van der Waals surface area contributed by atoms with Gasteiger partial charge < -0.3 is 23.9 Å². The highest BCUT2D eigenvalue weighted by Crippen LogP contribution is 2.24. The molecule has 1 aliphatic heterocycles. The van der Waals surface area contributed by atoms with E-state index in [-0.39, 0.29) is 11.7 Å². The number of amides is 1. The molecule has 2 aromatic heterocycles. The molecule has 0 radical (unpaired) electrons. The summed E-state index contributed by atoms with van der Waals surface area (Å²) in [4.78, 5) is 15.3. The molecule has 0 spiro atoms. The fraction of sp³-hybridized carbons (Fsp3) is 0.208. The zero-order valence-electron chi connectivity index (χ0n) is 16.9. The molecule has 7 heteroatoms. The van der Waals surface area contributed by atoms with E-state index in [9.17, 15) is 9.18 Å². The van der Waals surface area contributed by atoms with Gasteiger partial charge in [-0.25, -0.2) is 4.39 Å². The number of ether oxygens (including phenoxy) is 1. The first-order valence-electron chi connectivity index (χ1n) is 10.2. The van der Waals surface area contributed by atoms with E-state index in [4.69, 9.17) is 9.15 Å². The highest BCUT2D eigenvalue weighted by molar-refractivity contribution is 6.06. The molecule has 4 aromatic rings. The van der Waals surface area contributed by atoms with E-state index in [1.165, 1.54) is 12.1 Å². The molecule has 3 heterocycles. The van der Waals surface area contributed by atoms with Gasteiger partial charge in [-0.1, -0.05) is 12.1 Å². The lowest BCUT2D eigenvalue weighted by atomic mass is 10.2. The second kappa shape index (κ2) is 8.28. The summed E-state index contributed by atoms with van der Waals surface area (Å²) in [6, 6.07) is 17.7. The van der Waals surface area contributed by atoms with Crippen molar-refractivity contribution >= 4 is 28.4 Å². The second-order valence-electron chi connectivity index (χ2n) is 7.52. The molecule has 0 saturated carbocycles. The minimum absolute atomic E-state index is 0.248. The van der Waals surface area contributed by atoms with Crippen LogP contribution in [0.4, 0.5) is 15.8 Å². The summed E-state index contributed by atoms with van der Waals surface area (Å²) in [5.41, 5.74) is 4.44. The van der Waals surface area contributed by atoms with E-state index in [2.05, 4.69) is 10.2 Å². The van der Waals surface area contributed by atoms with E-state index in [1.54, 1.807) is 18.4 Å². The van der Waals surface area contributed by atoms with Gasteiger partial charge in [-0.15, -0.1) is 0 Å². The fourth-order valence-corrected chi connectivity index (χ4v) is 3.93. The van der Waals surface area contributed by atoms with Crippen molar-refractivity contribution in [3.63, 3.8) is 0 Å². The summed E-state index contributed by atoms with van der Waals surface area (Å²) >= 11 is 0. The largest absolute Gasteiger partial charge is 0.463 e. The highest BCUT2D eigenvalue weighted by atomic mass is 19.1. The molecule has 0 atom stereocenters. The van der Waals surface area contributed by atoms with Crippen molar-refractivity contribution in [3.8, 4) is 0 Å². The first-order valence-corrected chi connectivity index (χ1v) is 10.2. The molecule has 0 aliphatic carbocycles. The predicted octanol–water partition coefficient (Wildman–Crippen LogP) is 4.51. The number of hydrogen-bond acceptors (Lipinski definition) is 4. The maximum Gasteiger partial charge on any atom is 0.272 e. The van der Waals surface area contributed by atoms with Crippen LogP contribution in [0.15, 0.2) is 71.3 Å². The number of anilines is 2. The highest BCUT2D eigenvalue weighted by Gasteiger charge is 2.18. The standard InChI is InChI=1S/C24H22FN3O3/c25-18-3-1-2-17(14-18)16-28-21-8-11-31-23(21)15-22(28)24(29)26-19-4-6-20(7-5-19)27-9-12-30-13-10-27/h1-8,11,14-15H,9-10,12-13,16H2,(H,26,29). The van der Waals surface area contributed by atoms with Gasteiger partial charge in [0.25, 0.3) is 5.91 Å². The Morgan fingerprint density at radius 3 is 2.61 bits per heavy atom. The van der Waals surface area contributed by atoms with Gasteiger partial charge in [0.2, 0.25) is 0 Å². The Morgan fingerprint density at radius 2 is 1.84 bits per heavy atom. The lowest BCUT2D eigenvalue weighted by molar-refractivity contribution is 0.101. The lowest BCUT2D eigenvalue weighted by Gasteiger charge is -2.28. The molecular weight excluding hydrogens is 397 g/mol. The second-order valence-corrected chi connectivity index (χ2v) is 7.52. The van der Waals surface area contributed by atoms with Crippen LogP contribution in [-0.2, 0) is 11.3 Å². The Balaban J connectivity index is 1.37. The lowest BCUT2D eigenvalue weighted by Crippen LogP contribution is -2.36. The summed E-state index contributed by atoms with van der Waals surface area (Å²) in [6.45, 7) is 3.53. The molecule has 6 nitrogen and oxygen atoms in total. The van der Waals surface area contributed by atoms with Crippen LogP contribution >= 0.6 is 0 Å². The third-order valence-corrected chi connectivity index (χ3v) is 5.49. The van der Waals surface area contributed by atoms with Gasteiger partial charge in [-0.2, -0.15) is 0 Å². The van der Waals surface area contributed by atoms with E-state index >= 15 is 0 Å². The SMILES string of the molecule is O=C(Nc1ccc(N2CCOCC2)cc1)c1cc2occc2n1Cc1cccc(F)c1. The average molecular weight is 419 g/mol. The number of hydrogen-bond donors (Lipinski definition) is 1. The molecule has 1 N–H and O–H groups in total. The van der Waals surface area contributed by atoms with Crippen molar-refractivity contribution in [1.82, 2.24) is 4.57 Å². The van der Waals surface area contributed by atoms with Gasteiger partial charge in [-0.05, 0) is 42.0 Å². The van der Waals surface area contributed by atoms with Crippen molar-refractivity contribution < 1.29 is 18.3 Å². The van der Waals surface area contributed by atoms with Crippen LogP contribution in [0, 0.1) is 5.82 Å². The molecule has 158 valence electrons. The minimum atomic E-state index is -0.306. The fourth-order valence-electron chi connectivity index (χ4n) is 3.93. The molecule has 2 aromatic carbocycles. The Hall–Kier alpha value is -3.58. The van der Waals surface area contributed by atoms with Crippen molar-refractivity contribution in [1.29, 1.82) is 0 Å². The molecule has 1 aliphatic rings. The number of rotatable bonds is 5. The Kier molecular flexibility index (Phi) is 5.18.